The molecule has 1 aliphatic rings. The van der Waals surface area contributed by atoms with E-state index in [4.69, 9.17) is 5.73 Å². The van der Waals surface area contributed by atoms with Gasteiger partial charge in [0.05, 0.1) is 6.10 Å². The summed E-state index contributed by atoms with van der Waals surface area (Å²) in [6.45, 7) is 2.28. The molecular weight excluding hydrogens is 314 g/mol. The number of para-hydroxylation sites is 1. The second-order valence-corrected chi connectivity index (χ2v) is 7.17. The minimum Gasteiger partial charge on any atom is -0.391 e. The van der Waals surface area contributed by atoms with Crippen LogP contribution in [0.25, 0.3) is 10.9 Å². The van der Waals surface area contributed by atoms with Crippen molar-refractivity contribution in [1.29, 1.82) is 0 Å². The molecular formula is C20H29N3O2. The number of rotatable bonds is 7. The van der Waals surface area contributed by atoms with Crippen LogP contribution >= 0.6 is 0 Å². The average molecular weight is 343 g/mol. The molecule has 1 aromatic carbocycles. The molecule has 5 heteroatoms. The molecule has 3 rings (SSSR count). The molecule has 1 aliphatic carbocycles. The Balaban J connectivity index is 1.80. The highest BCUT2D eigenvalue weighted by Gasteiger charge is 2.27. The van der Waals surface area contributed by atoms with Crippen LogP contribution in [-0.4, -0.2) is 34.7 Å². The standard InChI is InChI=1S/C20H29N3O2/c1-2-7-17(24)15(21)12-22-20(25)19-18(13-8-3-4-9-13)14-10-5-6-11-16(14)23-19/h5-6,10-11,13,15,17,23-24H,2-4,7-9,12,21H2,1H3,(H,22,25)/t15-,17?/m0/s1. The normalized spacial score (nSPS) is 17.7. The number of carbonyl (C=O) groups excluding carboxylic acids is 1. The van der Waals surface area contributed by atoms with Crippen molar-refractivity contribution in [3.05, 3.63) is 35.5 Å². The lowest BCUT2D eigenvalue weighted by atomic mass is 9.94. The molecule has 2 aromatic rings. The Morgan fingerprint density at radius 3 is 2.80 bits per heavy atom. The molecule has 1 saturated carbocycles. The van der Waals surface area contributed by atoms with Gasteiger partial charge in [0.2, 0.25) is 0 Å². The molecule has 1 unspecified atom stereocenters. The summed E-state index contributed by atoms with van der Waals surface area (Å²) in [7, 11) is 0. The van der Waals surface area contributed by atoms with Crippen LogP contribution in [0.5, 0.6) is 0 Å². The monoisotopic (exact) mass is 343 g/mol. The third-order valence-electron chi connectivity index (χ3n) is 5.31. The fourth-order valence-electron chi connectivity index (χ4n) is 3.93. The average Bonchev–Trinajstić information content (AvgIpc) is 3.26. The SMILES string of the molecule is CCCC(O)[C@@H](N)CNC(=O)c1[nH]c2ccccc2c1C1CCCC1. The lowest BCUT2D eigenvalue weighted by molar-refractivity contribution is 0.0921. The second kappa shape index (κ2) is 8.02. The zero-order valence-corrected chi connectivity index (χ0v) is 14.9. The van der Waals surface area contributed by atoms with Gasteiger partial charge in [-0.15, -0.1) is 0 Å². The maximum absolute atomic E-state index is 12.8. The summed E-state index contributed by atoms with van der Waals surface area (Å²) >= 11 is 0. The number of aromatic nitrogens is 1. The summed E-state index contributed by atoms with van der Waals surface area (Å²) in [5.41, 5.74) is 8.80. The van der Waals surface area contributed by atoms with Gasteiger partial charge in [-0.05, 0) is 36.8 Å². The quantitative estimate of drug-likeness (QED) is 0.623. The molecule has 1 amide bonds. The van der Waals surface area contributed by atoms with Gasteiger partial charge in [0, 0.05) is 23.5 Å². The number of nitrogens with one attached hydrogen (secondary N) is 2. The first kappa shape index (κ1) is 18.0. The number of nitrogens with two attached hydrogens (primary N) is 1. The van der Waals surface area contributed by atoms with Crippen LogP contribution < -0.4 is 11.1 Å². The molecule has 1 fully saturated rings. The van der Waals surface area contributed by atoms with Crippen molar-refractivity contribution in [1.82, 2.24) is 10.3 Å². The van der Waals surface area contributed by atoms with E-state index in [0.29, 0.717) is 18.0 Å². The third kappa shape index (κ3) is 3.88. The largest absolute Gasteiger partial charge is 0.391 e. The highest BCUT2D eigenvalue weighted by atomic mass is 16.3. The number of aromatic amines is 1. The van der Waals surface area contributed by atoms with Crippen molar-refractivity contribution in [2.75, 3.05) is 6.54 Å². The van der Waals surface area contributed by atoms with Crippen LogP contribution in [0.2, 0.25) is 0 Å². The highest BCUT2D eigenvalue weighted by Crippen LogP contribution is 2.39. The minimum atomic E-state index is -0.581. The maximum atomic E-state index is 12.8. The van der Waals surface area contributed by atoms with Crippen molar-refractivity contribution < 1.29 is 9.90 Å². The van der Waals surface area contributed by atoms with Crippen LogP contribution in [0.3, 0.4) is 0 Å². The molecule has 1 aromatic heterocycles. The van der Waals surface area contributed by atoms with Crippen molar-refractivity contribution in [3.8, 4) is 0 Å². The first-order chi connectivity index (χ1) is 12.1. The molecule has 0 spiro atoms. The van der Waals surface area contributed by atoms with Gasteiger partial charge in [0.25, 0.3) is 5.91 Å². The van der Waals surface area contributed by atoms with E-state index in [1.807, 2.05) is 25.1 Å². The van der Waals surface area contributed by atoms with E-state index < -0.39 is 12.1 Å². The topological polar surface area (TPSA) is 91.1 Å². The first-order valence-corrected chi connectivity index (χ1v) is 9.44. The van der Waals surface area contributed by atoms with E-state index in [1.165, 1.54) is 12.8 Å². The number of hydrogen-bond donors (Lipinski definition) is 4. The van der Waals surface area contributed by atoms with E-state index in [1.54, 1.807) is 0 Å². The number of carbonyl (C=O) groups is 1. The Bertz CT molecular complexity index is 719. The van der Waals surface area contributed by atoms with E-state index in [2.05, 4.69) is 16.4 Å². The zero-order chi connectivity index (χ0) is 17.8. The third-order valence-corrected chi connectivity index (χ3v) is 5.31. The van der Waals surface area contributed by atoms with Crippen LogP contribution in [0.4, 0.5) is 0 Å². The second-order valence-electron chi connectivity index (χ2n) is 7.17. The Morgan fingerprint density at radius 1 is 1.36 bits per heavy atom. The minimum absolute atomic E-state index is 0.128. The Hall–Kier alpha value is -1.85. The summed E-state index contributed by atoms with van der Waals surface area (Å²) in [6, 6.07) is 7.67. The van der Waals surface area contributed by atoms with Gasteiger partial charge in [0.15, 0.2) is 0 Å². The Kier molecular flexibility index (Phi) is 5.76. The molecule has 0 bridgehead atoms. The number of benzene rings is 1. The molecule has 1 heterocycles. The van der Waals surface area contributed by atoms with Crippen molar-refractivity contribution >= 4 is 16.8 Å². The highest BCUT2D eigenvalue weighted by molar-refractivity contribution is 6.01. The van der Waals surface area contributed by atoms with Crippen LogP contribution in [0.15, 0.2) is 24.3 Å². The first-order valence-electron chi connectivity index (χ1n) is 9.44. The van der Waals surface area contributed by atoms with Gasteiger partial charge in [-0.25, -0.2) is 0 Å². The van der Waals surface area contributed by atoms with E-state index in [-0.39, 0.29) is 12.5 Å². The smallest absolute Gasteiger partial charge is 0.268 e. The molecule has 0 radical (unpaired) electrons. The maximum Gasteiger partial charge on any atom is 0.268 e. The number of amides is 1. The summed E-state index contributed by atoms with van der Waals surface area (Å²) in [6.07, 6.45) is 5.65. The predicted octanol–water partition coefficient (Wildman–Crippen LogP) is 3.04. The summed E-state index contributed by atoms with van der Waals surface area (Å²) in [5.74, 6) is 0.313. The molecule has 0 aliphatic heterocycles. The number of fused-ring (bicyclic) bond motifs is 1. The summed E-state index contributed by atoms with van der Waals surface area (Å²) in [4.78, 5) is 16.1. The lowest BCUT2D eigenvalue weighted by Crippen LogP contribution is -2.45. The van der Waals surface area contributed by atoms with Crippen LogP contribution in [0, 0.1) is 0 Å². The Morgan fingerprint density at radius 2 is 2.08 bits per heavy atom. The lowest BCUT2D eigenvalue weighted by Gasteiger charge is -2.19. The fourth-order valence-corrected chi connectivity index (χ4v) is 3.93. The molecule has 5 nitrogen and oxygen atoms in total. The van der Waals surface area contributed by atoms with Crippen LogP contribution in [-0.2, 0) is 0 Å². The summed E-state index contributed by atoms with van der Waals surface area (Å²) in [5, 5.41) is 14.0. The van der Waals surface area contributed by atoms with Gasteiger partial charge >= 0.3 is 0 Å². The number of H-pyrrole nitrogens is 1. The predicted molar refractivity (Wildman–Crippen MR) is 101 cm³/mol. The van der Waals surface area contributed by atoms with Gasteiger partial charge in [-0.2, -0.15) is 0 Å². The van der Waals surface area contributed by atoms with Gasteiger partial charge in [-0.1, -0.05) is 44.4 Å². The van der Waals surface area contributed by atoms with Gasteiger partial charge in [0.1, 0.15) is 5.69 Å². The molecule has 2 atom stereocenters. The van der Waals surface area contributed by atoms with Crippen molar-refractivity contribution in [2.45, 2.75) is 63.5 Å². The molecule has 0 saturated heterocycles. The molecule has 5 N–H and O–H groups in total. The molecule has 25 heavy (non-hydrogen) atoms. The van der Waals surface area contributed by atoms with E-state index >= 15 is 0 Å². The zero-order valence-electron chi connectivity index (χ0n) is 14.9. The molecule has 136 valence electrons. The van der Waals surface area contributed by atoms with Crippen LogP contribution in [0.1, 0.15) is 67.4 Å². The van der Waals surface area contributed by atoms with Gasteiger partial charge < -0.3 is 21.1 Å². The van der Waals surface area contributed by atoms with E-state index in [0.717, 1.165) is 35.7 Å². The van der Waals surface area contributed by atoms with E-state index in [9.17, 15) is 9.90 Å². The van der Waals surface area contributed by atoms with Crippen molar-refractivity contribution in [2.24, 2.45) is 5.73 Å². The number of hydrogen-bond acceptors (Lipinski definition) is 3. The van der Waals surface area contributed by atoms with Gasteiger partial charge in [-0.3, -0.25) is 4.79 Å². The fraction of sp³-hybridized carbons (Fsp3) is 0.550. The Labute approximate surface area is 149 Å². The summed E-state index contributed by atoms with van der Waals surface area (Å²) < 4.78 is 0. The number of aliphatic hydroxyl groups excluding tert-OH is 1. The number of aliphatic hydroxyl groups is 1. The van der Waals surface area contributed by atoms with Crippen molar-refractivity contribution in [3.63, 3.8) is 0 Å².